The highest BCUT2D eigenvalue weighted by atomic mass is 32.1. The van der Waals surface area contributed by atoms with Gasteiger partial charge >= 0.3 is 0 Å². The number of likely N-dealkylation sites (tertiary alicyclic amines) is 1. The Balaban J connectivity index is 1.21. The van der Waals surface area contributed by atoms with E-state index >= 15 is 0 Å². The van der Waals surface area contributed by atoms with E-state index in [1.54, 1.807) is 24.3 Å². The molecule has 2 aliphatic rings. The Morgan fingerprint density at radius 1 is 1.08 bits per heavy atom. The van der Waals surface area contributed by atoms with Gasteiger partial charge in [0.25, 0.3) is 11.8 Å². The summed E-state index contributed by atoms with van der Waals surface area (Å²) in [5, 5.41) is 4.42. The Morgan fingerprint density at radius 2 is 1.97 bits per heavy atom. The average Bonchev–Trinajstić information content (AvgIpc) is 3.54. The molecule has 0 radical (unpaired) electrons. The molecule has 0 aliphatic carbocycles. The molecule has 2 aliphatic heterocycles. The number of amides is 2. The van der Waals surface area contributed by atoms with Gasteiger partial charge in [-0.25, -0.2) is 4.98 Å². The number of pyridine rings is 1. The number of aromatic amines is 1. The number of anilines is 1. The van der Waals surface area contributed by atoms with Crippen molar-refractivity contribution in [3.05, 3.63) is 92.2 Å². The van der Waals surface area contributed by atoms with Crippen LogP contribution in [0.1, 0.15) is 55.7 Å². The number of hydrogen-bond donors (Lipinski definition) is 2. The van der Waals surface area contributed by atoms with Crippen molar-refractivity contribution in [2.45, 2.75) is 31.8 Å². The number of carbonyl (C=O) groups excluding carboxylic acids is 2. The van der Waals surface area contributed by atoms with Crippen LogP contribution < -0.4 is 10.9 Å². The summed E-state index contributed by atoms with van der Waals surface area (Å²) >= 11 is 1.54. The van der Waals surface area contributed by atoms with E-state index in [9.17, 15) is 14.4 Å². The summed E-state index contributed by atoms with van der Waals surface area (Å²) in [7, 11) is 2.09. The van der Waals surface area contributed by atoms with Crippen molar-refractivity contribution in [2.75, 3.05) is 25.5 Å². The van der Waals surface area contributed by atoms with E-state index in [4.69, 9.17) is 0 Å². The van der Waals surface area contributed by atoms with Crippen LogP contribution in [0.15, 0.2) is 59.4 Å². The number of fused-ring (bicyclic) bond motifs is 2. The molecule has 8 nitrogen and oxygen atoms in total. The van der Waals surface area contributed by atoms with E-state index in [2.05, 4.69) is 27.2 Å². The summed E-state index contributed by atoms with van der Waals surface area (Å²) in [6.45, 7) is 2.49. The van der Waals surface area contributed by atoms with Crippen LogP contribution in [0.25, 0.3) is 10.9 Å². The maximum atomic E-state index is 13.5. The monoisotopic (exact) mass is 513 g/mol. The fourth-order valence-electron chi connectivity index (χ4n) is 5.24. The molecule has 2 N–H and O–H groups in total. The molecule has 0 spiro atoms. The van der Waals surface area contributed by atoms with E-state index in [0.29, 0.717) is 28.3 Å². The number of hydrogen-bond acceptors (Lipinski definition) is 6. The molecule has 0 unspecified atom stereocenters. The lowest BCUT2D eigenvalue weighted by atomic mass is 10.0. The molecule has 9 heteroatoms. The zero-order valence-corrected chi connectivity index (χ0v) is 21.3. The maximum absolute atomic E-state index is 13.5. The highest BCUT2D eigenvalue weighted by Gasteiger charge is 2.31. The first-order chi connectivity index (χ1) is 17.9. The number of likely N-dealkylation sites (N-methyl/N-ethyl adjacent to an activating group) is 1. The second kappa shape index (κ2) is 9.57. The quantitative estimate of drug-likeness (QED) is 0.426. The van der Waals surface area contributed by atoms with Crippen molar-refractivity contribution in [3.63, 3.8) is 0 Å². The lowest BCUT2D eigenvalue weighted by Gasteiger charge is -2.25. The largest absolute Gasteiger partial charge is 0.332 e. The second-order valence-electron chi connectivity index (χ2n) is 9.74. The van der Waals surface area contributed by atoms with Gasteiger partial charge in [-0.15, -0.1) is 11.3 Å². The summed E-state index contributed by atoms with van der Waals surface area (Å²) in [5.74, 6) is -0.246. The van der Waals surface area contributed by atoms with Crippen molar-refractivity contribution in [1.29, 1.82) is 0 Å². The first-order valence-electron chi connectivity index (χ1n) is 12.5. The van der Waals surface area contributed by atoms with Gasteiger partial charge < -0.3 is 14.8 Å². The molecule has 188 valence electrons. The normalized spacial score (nSPS) is 17.6. The van der Waals surface area contributed by atoms with Crippen LogP contribution >= 0.6 is 11.3 Å². The Labute approximate surface area is 217 Å². The van der Waals surface area contributed by atoms with Crippen LogP contribution in [-0.4, -0.2) is 51.7 Å². The summed E-state index contributed by atoms with van der Waals surface area (Å²) in [5.41, 5.74) is 3.69. The van der Waals surface area contributed by atoms with Gasteiger partial charge in [-0.05, 0) is 67.2 Å². The van der Waals surface area contributed by atoms with E-state index in [1.807, 2.05) is 29.2 Å². The number of aromatic nitrogens is 2. The summed E-state index contributed by atoms with van der Waals surface area (Å²) in [6.07, 6.45) is 2.63. The number of rotatable bonds is 4. The fourth-order valence-corrected chi connectivity index (χ4v) is 6.33. The van der Waals surface area contributed by atoms with Gasteiger partial charge in [0.15, 0.2) is 5.13 Å². The zero-order chi connectivity index (χ0) is 25.5. The van der Waals surface area contributed by atoms with Crippen molar-refractivity contribution in [3.8, 4) is 0 Å². The van der Waals surface area contributed by atoms with Gasteiger partial charge in [-0.2, -0.15) is 0 Å². The molecule has 6 rings (SSSR count). The van der Waals surface area contributed by atoms with Crippen LogP contribution in [0.5, 0.6) is 0 Å². The molecule has 0 bridgehead atoms. The molecule has 4 heterocycles. The zero-order valence-electron chi connectivity index (χ0n) is 20.5. The van der Waals surface area contributed by atoms with E-state index < -0.39 is 0 Å². The molecule has 2 aromatic heterocycles. The van der Waals surface area contributed by atoms with Gasteiger partial charge in [0.2, 0.25) is 5.56 Å². The third kappa shape index (κ3) is 4.68. The first-order valence-corrected chi connectivity index (χ1v) is 13.3. The molecule has 2 amide bonds. The molecule has 0 saturated carbocycles. The fraction of sp³-hybridized carbons (Fsp3) is 0.286. The van der Waals surface area contributed by atoms with Crippen molar-refractivity contribution in [2.24, 2.45) is 0 Å². The topological polar surface area (TPSA) is 98.4 Å². The summed E-state index contributed by atoms with van der Waals surface area (Å²) < 4.78 is 0. The molecule has 1 fully saturated rings. The predicted molar refractivity (Wildman–Crippen MR) is 144 cm³/mol. The summed E-state index contributed by atoms with van der Waals surface area (Å²) in [6, 6.07) is 16.0. The van der Waals surface area contributed by atoms with Crippen molar-refractivity contribution >= 4 is 39.2 Å². The third-order valence-electron chi connectivity index (χ3n) is 7.16. The minimum Gasteiger partial charge on any atom is -0.332 e. The average molecular weight is 514 g/mol. The molecular weight excluding hydrogens is 486 g/mol. The minimum absolute atomic E-state index is 0.0520. The molecule has 2 aromatic carbocycles. The van der Waals surface area contributed by atoms with Crippen LogP contribution in [0.3, 0.4) is 0 Å². The Morgan fingerprint density at radius 3 is 2.86 bits per heavy atom. The van der Waals surface area contributed by atoms with Crippen LogP contribution in [-0.2, 0) is 13.0 Å². The Hall–Kier alpha value is -3.82. The SMILES string of the molecule is CN1CCc2nc(NC(=O)c3cccc([C@H]4CCCN4C(=O)c4ccc5[nH]c(=O)ccc5c4)c3)sc2C1. The Bertz CT molecular complexity index is 1580. The number of benzene rings is 2. The standard InChI is InChI=1S/C28H27N5O3S/c1-32-13-11-22-24(16-32)37-28(30-22)31-26(35)19-5-2-4-18(15-19)23-6-3-12-33(23)27(36)20-7-9-21-17(14-20)8-10-25(34)29-21/h2,4-5,7-10,14-15,23H,3,6,11-13,16H2,1H3,(H,29,34)(H,30,31,35)/t23-/m1/s1. The van der Waals surface area contributed by atoms with Crippen LogP contribution in [0.4, 0.5) is 5.13 Å². The molecule has 1 saturated heterocycles. The summed E-state index contributed by atoms with van der Waals surface area (Å²) in [4.78, 5) is 50.9. The third-order valence-corrected chi connectivity index (χ3v) is 8.16. The lowest BCUT2D eigenvalue weighted by molar-refractivity contribution is 0.0736. The molecule has 37 heavy (non-hydrogen) atoms. The van der Waals surface area contributed by atoms with E-state index in [0.717, 1.165) is 49.0 Å². The van der Waals surface area contributed by atoms with Crippen LogP contribution in [0, 0.1) is 0 Å². The van der Waals surface area contributed by atoms with E-state index in [-0.39, 0.29) is 23.4 Å². The second-order valence-corrected chi connectivity index (χ2v) is 10.8. The predicted octanol–water partition coefficient (Wildman–Crippen LogP) is 4.20. The highest BCUT2D eigenvalue weighted by Crippen LogP contribution is 2.34. The smallest absolute Gasteiger partial charge is 0.257 e. The number of carbonyl (C=O) groups is 2. The number of thiazole rings is 1. The van der Waals surface area contributed by atoms with Crippen LogP contribution in [0.2, 0.25) is 0 Å². The van der Waals surface area contributed by atoms with Gasteiger partial charge in [0.05, 0.1) is 11.7 Å². The van der Waals surface area contributed by atoms with Gasteiger partial charge in [0.1, 0.15) is 0 Å². The molecule has 1 atom stereocenters. The minimum atomic E-state index is -0.194. The molecular formula is C28H27N5O3S. The lowest BCUT2D eigenvalue weighted by Crippen LogP contribution is -2.30. The maximum Gasteiger partial charge on any atom is 0.257 e. The molecule has 4 aromatic rings. The van der Waals surface area contributed by atoms with Crippen molar-refractivity contribution < 1.29 is 9.59 Å². The number of nitrogens with zero attached hydrogens (tertiary/aromatic N) is 3. The highest BCUT2D eigenvalue weighted by molar-refractivity contribution is 7.15. The van der Waals surface area contributed by atoms with Gasteiger partial charge in [0, 0.05) is 53.6 Å². The van der Waals surface area contributed by atoms with Gasteiger partial charge in [-0.1, -0.05) is 12.1 Å². The Kier molecular flexibility index (Phi) is 6.10. The first kappa shape index (κ1) is 23.6. The number of H-pyrrole nitrogens is 1. The number of nitrogens with one attached hydrogen (secondary N) is 2. The van der Waals surface area contributed by atoms with Gasteiger partial charge in [-0.3, -0.25) is 19.7 Å². The van der Waals surface area contributed by atoms with E-state index in [1.165, 1.54) is 22.3 Å². The van der Waals surface area contributed by atoms with Crippen molar-refractivity contribution in [1.82, 2.24) is 19.8 Å².